The lowest BCUT2D eigenvalue weighted by Gasteiger charge is -2.33. The van der Waals surface area contributed by atoms with E-state index in [2.05, 4.69) is 4.90 Å². The highest BCUT2D eigenvalue weighted by Gasteiger charge is 2.26. The van der Waals surface area contributed by atoms with Gasteiger partial charge in [0, 0.05) is 37.8 Å². The van der Waals surface area contributed by atoms with Crippen LogP contribution in [0.3, 0.4) is 0 Å². The molecular weight excluding hydrogens is 284 g/mol. The summed E-state index contributed by atoms with van der Waals surface area (Å²) in [5.41, 5.74) is 0. The highest BCUT2D eigenvalue weighted by Crippen LogP contribution is 2.18. The van der Waals surface area contributed by atoms with E-state index in [0.29, 0.717) is 5.75 Å². The lowest BCUT2D eigenvalue weighted by Crippen LogP contribution is -2.43. The average molecular weight is 308 g/mol. The van der Waals surface area contributed by atoms with Crippen molar-refractivity contribution in [3.63, 3.8) is 0 Å². The molecule has 2 rings (SSSR count). The Morgan fingerprint density at radius 1 is 1.33 bits per heavy atom. The zero-order chi connectivity index (χ0) is 15.2. The third-order valence-electron chi connectivity index (χ3n) is 3.89. The molecule has 0 N–H and O–H groups in total. The van der Waals surface area contributed by atoms with Crippen LogP contribution < -0.4 is 0 Å². The third kappa shape index (κ3) is 4.64. The van der Waals surface area contributed by atoms with E-state index in [0.717, 1.165) is 37.4 Å². The number of hydrogen-bond donors (Lipinski definition) is 0. The van der Waals surface area contributed by atoms with Crippen LogP contribution in [0.2, 0.25) is 0 Å². The lowest BCUT2D eigenvalue weighted by molar-refractivity contribution is -0.134. The second-order valence-electron chi connectivity index (χ2n) is 5.74. The summed E-state index contributed by atoms with van der Waals surface area (Å²) in [5, 5.41) is 0. The minimum atomic E-state index is -0.953. The molecule has 1 heterocycles. The molecule has 116 valence electrons. The number of nitrogens with zero attached hydrogens (tertiary/aromatic N) is 2. The summed E-state index contributed by atoms with van der Waals surface area (Å²) in [5.74, 6) is 0.940. The minimum absolute atomic E-state index is 0.0962. The quantitative estimate of drug-likeness (QED) is 0.829. The zero-order valence-electron chi connectivity index (χ0n) is 12.8. The molecule has 5 heteroatoms. The normalized spacial score (nSPS) is 21.0. The lowest BCUT2D eigenvalue weighted by atomic mass is 9.97. The maximum Gasteiger partial charge on any atom is 0.226 e. The fourth-order valence-corrected chi connectivity index (χ4v) is 3.85. The van der Waals surface area contributed by atoms with Crippen molar-refractivity contribution in [3.05, 3.63) is 30.3 Å². The van der Waals surface area contributed by atoms with Crippen LogP contribution in [-0.2, 0) is 15.6 Å². The van der Waals surface area contributed by atoms with Crippen molar-refractivity contribution >= 4 is 16.7 Å². The first kappa shape index (κ1) is 16.2. The van der Waals surface area contributed by atoms with Gasteiger partial charge < -0.3 is 9.80 Å². The number of benzene rings is 1. The number of likely N-dealkylation sites (tertiary alicyclic amines) is 1. The van der Waals surface area contributed by atoms with Crippen LogP contribution in [0.5, 0.6) is 0 Å². The van der Waals surface area contributed by atoms with Crippen molar-refractivity contribution in [2.24, 2.45) is 5.92 Å². The first-order chi connectivity index (χ1) is 10.1. The molecule has 1 aromatic rings. The van der Waals surface area contributed by atoms with Gasteiger partial charge in [-0.1, -0.05) is 18.2 Å². The summed E-state index contributed by atoms with van der Waals surface area (Å²) in [4.78, 5) is 16.9. The fraction of sp³-hybridized carbons (Fsp3) is 0.562. The first-order valence-electron chi connectivity index (χ1n) is 7.45. The Balaban J connectivity index is 1.83. The third-order valence-corrected chi connectivity index (χ3v) is 5.25. The smallest absolute Gasteiger partial charge is 0.226 e. The molecule has 1 amide bonds. The number of hydrogen-bond acceptors (Lipinski definition) is 3. The maximum absolute atomic E-state index is 12.2. The van der Waals surface area contributed by atoms with E-state index in [4.69, 9.17) is 0 Å². The van der Waals surface area contributed by atoms with E-state index >= 15 is 0 Å². The van der Waals surface area contributed by atoms with Crippen LogP contribution in [0.4, 0.5) is 0 Å². The summed E-state index contributed by atoms with van der Waals surface area (Å²) in [6.07, 6.45) is 2.01. The molecule has 0 spiro atoms. The second-order valence-corrected chi connectivity index (χ2v) is 7.31. The van der Waals surface area contributed by atoms with Crippen molar-refractivity contribution in [3.8, 4) is 0 Å². The number of rotatable bonds is 5. The van der Waals surface area contributed by atoms with E-state index in [1.807, 2.05) is 44.4 Å². The van der Waals surface area contributed by atoms with Gasteiger partial charge >= 0.3 is 0 Å². The summed E-state index contributed by atoms with van der Waals surface area (Å²) in [7, 11) is 2.67. The van der Waals surface area contributed by atoms with Gasteiger partial charge in [0.05, 0.1) is 16.7 Å². The molecule has 1 saturated heterocycles. The van der Waals surface area contributed by atoms with Crippen molar-refractivity contribution in [2.45, 2.75) is 17.7 Å². The minimum Gasteiger partial charge on any atom is -0.349 e. The fourth-order valence-electron chi connectivity index (χ4n) is 2.73. The Morgan fingerprint density at radius 3 is 2.71 bits per heavy atom. The molecule has 0 unspecified atom stereocenters. The molecule has 1 aliphatic heterocycles. The Kier molecular flexibility index (Phi) is 5.94. The molecule has 4 nitrogen and oxygen atoms in total. The van der Waals surface area contributed by atoms with Crippen LogP contribution >= 0.6 is 0 Å². The summed E-state index contributed by atoms with van der Waals surface area (Å²) in [6, 6.07) is 9.58. The molecule has 1 fully saturated rings. The molecule has 0 aromatic heterocycles. The van der Waals surface area contributed by atoms with Crippen LogP contribution in [0.25, 0.3) is 0 Å². The molecule has 2 atom stereocenters. The van der Waals surface area contributed by atoms with E-state index < -0.39 is 10.8 Å². The van der Waals surface area contributed by atoms with Crippen LogP contribution in [0.1, 0.15) is 12.8 Å². The number of carbonyl (C=O) groups excluding carboxylic acids is 1. The summed E-state index contributed by atoms with van der Waals surface area (Å²) >= 11 is 0. The molecular formula is C16H24N2O2S. The second kappa shape index (κ2) is 7.71. The SMILES string of the molecule is CN(C)C(=O)[C@@H]1CCCN(CC[S@@](=O)c2ccccc2)C1. The van der Waals surface area contributed by atoms with E-state index in [1.54, 1.807) is 4.90 Å². The van der Waals surface area contributed by atoms with Gasteiger partial charge in [-0.25, -0.2) is 0 Å². The standard InChI is InChI=1S/C16H24N2O2S/c1-17(2)16(19)14-7-6-10-18(13-14)11-12-21(20)15-8-4-3-5-9-15/h3-5,8-9,14H,6-7,10-13H2,1-2H3/t14-,21-/m1/s1. The number of amides is 1. The molecule has 0 bridgehead atoms. The van der Waals surface area contributed by atoms with Gasteiger partial charge in [0.1, 0.15) is 0 Å². The largest absolute Gasteiger partial charge is 0.349 e. The van der Waals surface area contributed by atoms with Crippen molar-refractivity contribution in [1.29, 1.82) is 0 Å². The van der Waals surface area contributed by atoms with Gasteiger partial charge in [-0.15, -0.1) is 0 Å². The zero-order valence-corrected chi connectivity index (χ0v) is 13.6. The van der Waals surface area contributed by atoms with E-state index in [-0.39, 0.29) is 11.8 Å². The van der Waals surface area contributed by atoms with Crippen LogP contribution in [-0.4, -0.2) is 59.4 Å². The monoisotopic (exact) mass is 308 g/mol. The highest BCUT2D eigenvalue weighted by molar-refractivity contribution is 7.85. The van der Waals surface area contributed by atoms with Gasteiger partial charge in [0.25, 0.3) is 0 Å². The molecule has 0 radical (unpaired) electrons. The average Bonchev–Trinajstić information content (AvgIpc) is 2.53. The number of piperidine rings is 1. The number of carbonyl (C=O) groups is 1. The molecule has 21 heavy (non-hydrogen) atoms. The molecule has 1 aromatic carbocycles. The van der Waals surface area contributed by atoms with Crippen molar-refractivity contribution in [1.82, 2.24) is 9.80 Å². The van der Waals surface area contributed by atoms with Gasteiger partial charge in [0.15, 0.2) is 0 Å². The van der Waals surface area contributed by atoms with E-state index in [1.165, 1.54) is 0 Å². The topological polar surface area (TPSA) is 40.6 Å². The predicted molar refractivity (Wildman–Crippen MR) is 85.6 cm³/mol. The molecule has 0 aliphatic carbocycles. The van der Waals surface area contributed by atoms with Gasteiger partial charge in [0.2, 0.25) is 5.91 Å². The Hall–Kier alpha value is -1.20. The maximum atomic E-state index is 12.2. The predicted octanol–water partition coefficient (Wildman–Crippen LogP) is 1.59. The molecule has 1 aliphatic rings. The Bertz CT molecular complexity index is 490. The van der Waals surface area contributed by atoms with Gasteiger partial charge in [-0.3, -0.25) is 9.00 Å². The highest BCUT2D eigenvalue weighted by atomic mass is 32.2. The van der Waals surface area contributed by atoms with Crippen LogP contribution in [0, 0.1) is 5.92 Å². The Morgan fingerprint density at radius 2 is 2.05 bits per heavy atom. The molecule has 0 saturated carbocycles. The van der Waals surface area contributed by atoms with Gasteiger partial charge in [-0.05, 0) is 31.5 Å². The van der Waals surface area contributed by atoms with E-state index in [9.17, 15) is 9.00 Å². The van der Waals surface area contributed by atoms with Crippen molar-refractivity contribution < 1.29 is 9.00 Å². The van der Waals surface area contributed by atoms with Crippen LogP contribution in [0.15, 0.2) is 35.2 Å². The van der Waals surface area contributed by atoms with Crippen molar-refractivity contribution in [2.75, 3.05) is 39.5 Å². The summed E-state index contributed by atoms with van der Waals surface area (Å²) < 4.78 is 12.2. The summed E-state index contributed by atoms with van der Waals surface area (Å²) in [6.45, 7) is 2.59. The first-order valence-corrected chi connectivity index (χ1v) is 8.77. The Labute approximate surface area is 129 Å². The van der Waals surface area contributed by atoms with Gasteiger partial charge in [-0.2, -0.15) is 0 Å².